The first-order chi connectivity index (χ1) is 38.8. The summed E-state index contributed by atoms with van der Waals surface area (Å²) in [7, 11) is -1.18. The number of phenolic OH excluding ortho intramolecular Hbond substituents is 2. The average Bonchev–Trinajstić information content (AvgIpc) is 3.17. The number of nitrogens with one attached hydrogen (secondary N) is 5. The van der Waals surface area contributed by atoms with E-state index in [0.717, 1.165) is 16.9 Å². The number of carbonyl (C=O) groups excluding carboxylic acids is 8. The topological polar surface area (TPSA) is 355 Å². The smallest absolute Gasteiger partial charge is 0.397 e. The number of aliphatic hydroxyl groups excluding tert-OH is 1. The summed E-state index contributed by atoms with van der Waals surface area (Å²) in [6.07, 6.45) is -4.90. The molecule has 0 aliphatic carbocycles. The highest BCUT2D eigenvalue weighted by molar-refractivity contribution is 7.80. The molecule has 0 radical (unpaired) electrons. The van der Waals surface area contributed by atoms with E-state index in [2.05, 4.69) is 30.8 Å². The van der Waals surface area contributed by atoms with E-state index in [1.54, 1.807) is 76.2 Å². The predicted molar refractivity (Wildman–Crippen MR) is 294 cm³/mol. The summed E-state index contributed by atoms with van der Waals surface area (Å²) < 4.78 is 52.9. The van der Waals surface area contributed by atoms with Crippen molar-refractivity contribution in [3.8, 4) is 17.2 Å². The van der Waals surface area contributed by atoms with Crippen molar-refractivity contribution < 1.29 is 85.0 Å². The molecule has 2 aliphatic heterocycles. The second-order valence-electron chi connectivity index (χ2n) is 20.7. The predicted octanol–water partition coefficient (Wildman–Crippen LogP) is 1.35. The lowest BCUT2D eigenvalue weighted by Crippen LogP contribution is -2.66. The average molecular weight is 1170 g/mol. The molecule has 5 rings (SSSR count). The van der Waals surface area contributed by atoms with Gasteiger partial charge in [-0.15, -0.1) is 0 Å². The largest absolute Gasteiger partial charge is 0.508 e. The van der Waals surface area contributed by atoms with Crippen LogP contribution in [0, 0.1) is 11.8 Å². The van der Waals surface area contributed by atoms with E-state index in [1.165, 1.54) is 45.3 Å². The van der Waals surface area contributed by atoms with E-state index in [4.69, 9.17) is 14.2 Å². The Balaban J connectivity index is 1.65. The van der Waals surface area contributed by atoms with Gasteiger partial charge in [0.2, 0.25) is 35.4 Å². The molecule has 0 aromatic heterocycles. The Morgan fingerprint density at radius 2 is 1.35 bits per heavy atom. The van der Waals surface area contributed by atoms with Gasteiger partial charge in [0.05, 0.1) is 7.11 Å². The second kappa shape index (κ2) is 30.1. The van der Waals surface area contributed by atoms with Gasteiger partial charge >= 0.3 is 16.4 Å². The standard InChI is InChI=1S/C56H77N7O18S/c1-9-31(3)46-56(74)81-33(5)47(61-50(68)41(26-18-35-13-21-38(65)22-14-35)57-52(70)44(79-8)30-80-82(75,76)77)53(71)58-40(25-17-34-11-19-37(64)20-12-34)49(67)59-42-27-28-45(66)63(54(42)72)48(32(4)10-2)55(73)62(6)43(51(69)60-46)29-36-15-23-39(78-7)24-16-36/h11-16,19-24,31-33,40-48,64-66H,9-10,17-18,25-30H2,1-8H3,(H,57,70)(H,58,71)(H,59,67)(H,60,69)(H,61,68)(H,75,76,77)/t31-,32-,33+,40?,41?,42?,43?,44?,45?,46-,47-,48-/m0/s1. The van der Waals surface area contributed by atoms with Gasteiger partial charge in [-0.1, -0.05) is 76.9 Å². The number of methoxy groups -OCH3 is 2. The number of fused-ring (bicyclic) bond motifs is 2. The number of rotatable bonds is 21. The fourth-order valence-corrected chi connectivity index (χ4v) is 9.84. The molecular formula is C56H77N7O18S. The maximum atomic E-state index is 15.1. The molecule has 2 aliphatic rings. The lowest BCUT2D eigenvalue weighted by molar-refractivity contribution is -0.168. The molecule has 2 saturated heterocycles. The van der Waals surface area contributed by atoms with Crippen LogP contribution in [0.4, 0.5) is 0 Å². The molecule has 0 saturated carbocycles. The molecule has 26 heteroatoms. The zero-order valence-corrected chi connectivity index (χ0v) is 48.1. The highest BCUT2D eigenvalue weighted by Gasteiger charge is 2.47. The number of hydrogen-bond donors (Lipinski definition) is 9. The van der Waals surface area contributed by atoms with Crippen molar-refractivity contribution in [2.75, 3.05) is 27.9 Å². The zero-order valence-electron chi connectivity index (χ0n) is 47.2. The van der Waals surface area contributed by atoms with Crippen LogP contribution in [-0.2, 0) is 81.7 Å². The van der Waals surface area contributed by atoms with Gasteiger partial charge in [0.1, 0.15) is 78.5 Å². The quantitative estimate of drug-likeness (QED) is 0.0537. The Labute approximate surface area is 477 Å². The fraction of sp³-hybridized carbons (Fsp3) is 0.536. The molecule has 2 fully saturated rings. The summed E-state index contributed by atoms with van der Waals surface area (Å²) in [4.78, 5) is 120. The van der Waals surface area contributed by atoms with E-state index in [-0.39, 0.29) is 62.9 Å². The first-order valence-electron chi connectivity index (χ1n) is 27.1. The number of benzene rings is 3. The lowest BCUT2D eigenvalue weighted by atomic mass is 9.91. The van der Waals surface area contributed by atoms with Gasteiger partial charge in [0.25, 0.3) is 5.91 Å². The molecule has 7 amide bonds. The summed E-state index contributed by atoms with van der Waals surface area (Å²) in [5, 5.41) is 44.7. The number of cyclic esters (lactones) is 1. The third-order valence-electron chi connectivity index (χ3n) is 15.0. The molecule has 82 heavy (non-hydrogen) atoms. The Bertz CT molecular complexity index is 2810. The molecule has 0 spiro atoms. The number of ether oxygens (including phenoxy) is 3. The third kappa shape index (κ3) is 18.1. The van der Waals surface area contributed by atoms with Crippen LogP contribution in [0.25, 0.3) is 0 Å². The number of amides is 7. The number of aromatic hydroxyl groups is 2. The van der Waals surface area contributed by atoms with Gasteiger partial charge in [0, 0.05) is 20.6 Å². The number of likely N-dealkylation sites (N-methyl/N-ethyl adjacent to an activating group) is 1. The van der Waals surface area contributed by atoms with Crippen molar-refractivity contribution in [3.63, 3.8) is 0 Å². The van der Waals surface area contributed by atoms with E-state index in [0.29, 0.717) is 28.9 Å². The van der Waals surface area contributed by atoms with Gasteiger partial charge in [-0.05, 0) is 110 Å². The van der Waals surface area contributed by atoms with Crippen molar-refractivity contribution >= 4 is 57.7 Å². The molecule has 25 nitrogen and oxygen atoms in total. The number of hydrogen-bond acceptors (Lipinski definition) is 17. The van der Waals surface area contributed by atoms with Crippen molar-refractivity contribution in [3.05, 3.63) is 89.5 Å². The van der Waals surface area contributed by atoms with Gasteiger partial charge < -0.3 is 65.9 Å². The summed E-state index contributed by atoms with van der Waals surface area (Å²) in [6, 6.07) is 7.90. The minimum absolute atomic E-state index is 0.0434. The SMILES string of the molecule is CC[C@H](C)[C@@H]1NC(=O)C(Cc2ccc(OC)cc2)N(C)C(=O)[C@H]([C@@H](C)CC)N2C(=O)C(CCC2O)NC(=O)C(CCc2ccc(O)cc2)NC(=O)[C@@H](NC(=O)C(CCc2ccc(O)cc2)NC(=O)C(COS(=O)(=O)O)OC)[C@@H](C)OC1=O. The van der Waals surface area contributed by atoms with Gasteiger partial charge in [-0.3, -0.25) is 38.1 Å². The van der Waals surface area contributed by atoms with E-state index < -0.39 is 137 Å². The molecule has 3 aromatic rings. The number of carbonyl (C=O) groups is 8. The van der Waals surface area contributed by atoms with Crippen LogP contribution in [0.3, 0.4) is 0 Å². The van der Waals surface area contributed by atoms with Gasteiger partial charge in [-0.2, -0.15) is 8.42 Å². The Morgan fingerprint density at radius 1 is 0.768 bits per heavy atom. The number of aliphatic hydroxyl groups is 1. The molecule has 9 N–H and O–H groups in total. The molecule has 6 unspecified atom stereocenters. The van der Waals surface area contributed by atoms with Crippen LogP contribution < -0.4 is 31.3 Å². The Hall–Kier alpha value is -7.39. The Morgan fingerprint density at radius 3 is 1.91 bits per heavy atom. The van der Waals surface area contributed by atoms with Crippen molar-refractivity contribution in [1.29, 1.82) is 0 Å². The Kier molecular flexibility index (Phi) is 24.0. The van der Waals surface area contributed by atoms with Crippen LogP contribution in [-0.4, -0.2) is 174 Å². The molecule has 3 aromatic carbocycles. The third-order valence-corrected chi connectivity index (χ3v) is 15.4. The molecule has 450 valence electrons. The zero-order chi connectivity index (χ0) is 60.6. The van der Waals surface area contributed by atoms with Crippen molar-refractivity contribution in [2.24, 2.45) is 11.8 Å². The minimum Gasteiger partial charge on any atom is -0.508 e. The number of piperidine rings is 1. The summed E-state index contributed by atoms with van der Waals surface area (Å²) in [5.41, 5.74) is 1.75. The highest BCUT2D eigenvalue weighted by atomic mass is 32.3. The first-order valence-corrected chi connectivity index (χ1v) is 28.5. The number of nitrogens with zero attached hydrogens (tertiary/aromatic N) is 2. The van der Waals surface area contributed by atoms with Crippen LogP contribution in [0.15, 0.2) is 72.8 Å². The molecule has 12 atom stereocenters. The minimum atomic E-state index is -5.06. The second-order valence-corrected chi connectivity index (χ2v) is 21.8. The monoisotopic (exact) mass is 1170 g/mol. The van der Waals surface area contributed by atoms with Crippen LogP contribution in [0.5, 0.6) is 17.2 Å². The number of esters is 1. The van der Waals surface area contributed by atoms with E-state index in [9.17, 15) is 57.1 Å². The van der Waals surface area contributed by atoms with Crippen LogP contribution in [0.1, 0.15) is 89.8 Å². The maximum Gasteiger partial charge on any atom is 0.397 e. The van der Waals surface area contributed by atoms with Crippen LogP contribution in [0.2, 0.25) is 0 Å². The molecule has 2 heterocycles. The number of aryl methyl sites for hydroxylation is 2. The van der Waals surface area contributed by atoms with Crippen LogP contribution >= 0.6 is 0 Å². The van der Waals surface area contributed by atoms with E-state index in [1.807, 2.05) is 0 Å². The summed E-state index contributed by atoms with van der Waals surface area (Å²) in [6.45, 7) is 7.12. The molecule has 2 bridgehead atoms. The highest BCUT2D eigenvalue weighted by Crippen LogP contribution is 2.28. The maximum absolute atomic E-state index is 15.1. The molecular weight excluding hydrogens is 1090 g/mol. The first kappa shape index (κ1) is 65.4. The van der Waals surface area contributed by atoms with E-state index >= 15 is 9.59 Å². The van der Waals surface area contributed by atoms with Crippen molar-refractivity contribution in [2.45, 2.75) is 153 Å². The fourth-order valence-electron chi connectivity index (χ4n) is 9.55. The number of phenols is 2. The van der Waals surface area contributed by atoms with Crippen molar-refractivity contribution in [1.82, 2.24) is 36.4 Å². The summed E-state index contributed by atoms with van der Waals surface area (Å²) >= 11 is 0. The van der Waals surface area contributed by atoms with Gasteiger partial charge in [-0.25, -0.2) is 8.98 Å². The normalized spacial score (nSPS) is 24.0. The van der Waals surface area contributed by atoms with Gasteiger partial charge in [0.15, 0.2) is 6.10 Å². The lowest BCUT2D eigenvalue weighted by Gasteiger charge is -2.44. The summed E-state index contributed by atoms with van der Waals surface area (Å²) in [5.74, 6) is -8.55.